The Balaban J connectivity index is 1.54. The van der Waals surface area contributed by atoms with Gasteiger partial charge in [-0.2, -0.15) is 0 Å². The van der Waals surface area contributed by atoms with Crippen LogP contribution in [0.4, 0.5) is 4.79 Å². The van der Waals surface area contributed by atoms with Crippen LogP contribution in [0.2, 0.25) is 0 Å². The smallest absolute Gasteiger partial charge is 0.407 e. The lowest BCUT2D eigenvalue weighted by Crippen LogP contribution is -2.54. The molecule has 2 atom stereocenters. The number of benzene rings is 2. The maximum Gasteiger partial charge on any atom is 0.407 e. The zero-order valence-electron chi connectivity index (χ0n) is 15.9. The maximum atomic E-state index is 11.5. The van der Waals surface area contributed by atoms with Crippen LogP contribution in [-0.2, 0) is 4.74 Å². The monoisotopic (exact) mass is 367 g/mol. The van der Waals surface area contributed by atoms with E-state index in [-0.39, 0.29) is 18.3 Å². The molecule has 0 aromatic heterocycles. The summed E-state index contributed by atoms with van der Waals surface area (Å²) in [6.07, 6.45) is 1.82. The fourth-order valence-electron chi connectivity index (χ4n) is 3.55. The minimum absolute atomic E-state index is 0.126. The first-order valence-corrected chi connectivity index (χ1v) is 9.76. The molecule has 144 valence electrons. The van der Waals surface area contributed by atoms with Crippen molar-refractivity contribution < 1.29 is 9.53 Å². The molecule has 27 heavy (non-hydrogen) atoms. The highest BCUT2D eigenvalue weighted by atomic mass is 16.5. The standard InChI is InChI=1S/C22H29N3O2/c1-2-27-22(26)25-19-13-14-21(23-15-19)24-16-20(17-9-5-3-6-10-17)18-11-7-4-8-12-18/h3-12,19-21,23-24H,2,13-16H2,1H3,(H,25,26). The molecule has 5 heteroatoms. The third-order valence-corrected chi connectivity index (χ3v) is 4.98. The molecular weight excluding hydrogens is 338 g/mol. The molecule has 1 amide bonds. The second kappa shape index (κ2) is 10.1. The van der Waals surface area contributed by atoms with E-state index in [0.717, 1.165) is 25.9 Å². The van der Waals surface area contributed by atoms with E-state index in [4.69, 9.17) is 4.74 Å². The molecule has 2 aromatic carbocycles. The molecule has 1 aliphatic heterocycles. The predicted molar refractivity (Wildman–Crippen MR) is 108 cm³/mol. The summed E-state index contributed by atoms with van der Waals surface area (Å²) in [7, 11) is 0. The highest BCUT2D eigenvalue weighted by Crippen LogP contribution is 2.24. The Hall–Kier alpha value is -2.37. The van der Waals surface area contributed by atoms with Gasteiger partial charge in [0.15, 0.2) is 0 Å². The van der Waals surface area contributed by atoms with E-state index < -0.39 is 0 Å². The first-order chi connectivity index (χ1) is 13.3. The van der Waals surface area contributed by atoms with Crippen molar-refractivity contribution in [3.05, 3.63) is 71.8 Å². The summed E-state index contributed by atoms with van der Waals surface area (Å²) in [6, 6.07) is 21.4. The Bertz CT molecular complexity index is 646. The number of carbonyl (C=O) groups excluding carboxylic acids is 1. The molecule has 1 fully saturated rings. The van der Waals surface area contributed by atoms with E-state index >= 15 is 0 Å². The Labute approximate surface area is 161 Å². The van der Waals surface area contributed by atoms with Gasteiger partial charge in [0.2, 0.25) is 0 Å². The largest absolute Gasteiger partial charge is 0.450 e. The van der Waals surface area contributed by atoms with Crippen molar-refractivity contribution in [1.29, 1.82) is 0 Å². The van der Waals surface area contributed by atoms with E-state index in [0.29, 0.717) is 12.5 Å². The molecule has 5 nitrogen and oxygen atoms in total. The van der Waals surface area contributed by atoms with Crippen LogP contribution < -0.4 is 16.0 Å². The average Bonchev–Trinajstić information content (AvgIpc) is 2.71. The van der Waals surface area contributed by atoms with Crippen molar-refractivity contribution in [2.45, 2.75) is 37.9 Å². The lowest BCUT2D eigenvalue weighted by molar-refractivity contribution is 0.144. The molecule has 0 radical (unpaired) electrons. The lowest BCUT2D eigenvalue weighted by atomic mass is 9.91. The third-order valence-electron chi connectivity index (χ3n) is 4.98. The molecule has 3 N–H and O–H groups in total. The zero-order chi connectivity index (χ0) is 18.9. The summed E-state index contributed by atoms with van der Waals surface area (Å²) in [5.74, 6) is 0.310. The number of piperidine rings is 1. The van der Waals surface area contributed by atoms with Crippen LogP contribution in [0.25, 0.3) is 0 Å². The van der Waals surface area contributed by atoms with Crippen LogP contribution in [0.3, 0.4) is 0 Å². The first-order valence-electron chi connectivity index (χ1n) is 9.76. The van der Waals surface area contributed by atoms with E-state index in [1.165, 1.54) is 11.1 Å². The first kappa shape index (κ1) is 19.4. The highest BCUT2D eigenvalue weighted by molar-refractivity contribution is 5.67. The average molecular weight is 367 g/mol. The van der Waals surface area contributed by atoms with E-state index in [1.54, 1.807) is 0 Å². The number of nitrogens with one attached hydrogen (secondary N) is 3. The summed E-state index contributed by atoms with van der Waals surface area (Å²) < 4.78 is 4.95. The van der Waals surface area contributed by atoms with Crippen LogP contribution in [-0.4, -0.2) is 38.0 Å². The minimum Gasteiger partial charge on any atom is -0.450 e. The number of hydrogen-bond acceptors (Lipinski definition) is 4. The molecule has 1 heterocycles. The van der Waals surface area contributed by atoms with Gasteiger partial charge in [-0.25, -0.2) is 4.79 Å². The normalized spacial score (nSPS) is 19.6. The van der Waals surface area contributed by atoms with Gasteiger partial charge in [-0.3, -0.25) is 5.32 Å². The van der Waals surface area contributed by atoms with Gasteiger partial charge in [-0.05, 0) is 30.9 Å². The number of hydrogen-bond donors (Lipinski definition) is 3. The Morgan fingerprint density at radius 1 is 1.07 bits per heavy atom. The van der Waals surface area contributed by atoms with Gasteiger partial charge in [0.25, 0.3) is 0 Å². The molecule has 2 aromatic rings. The summed E-state index contributed by atoms with van der Waals surface area (Å²) in [5, 5.41) is 10.1. The van der Waals surface area contributed by atoms with Gasteiger partial charge in [-0.1, -0.05) is 60.7 Å². The quantitative estimate of drug-likeness (QED) is 0.703. The van der Waals surface area contributed by atoms with Gasteiger partial charge in [-0.15, -0.1) is 0 Å². The fraction of sp³-hybridized carbons (Fsp3) is 0.409. The molecule has 0 bridgehead atoms. The fourth-order valence-corrected chi connectivity index (χ4v) is 3.55. The van der Waals surface area contributed by atoms with Crippen LogP contribution in [0.5, 0.6) is 0 Å². The summed E-state index contributed by atoms with van der Waals surface area (Å²) >= 11 is 0. The van der Waals surface area contributed by atoms with Gasteiger partial charge in [0.05, 0.1) is 12.8 Å². The molecular formula is C22H29N3O2. The van der Waals surface area contributed by atoms with Crippen molar-refractivity contribution in [1.82, 2.24) is 16.0 Å². The molecule has 2 unspecified atom stereocenters. The Morgan fingerprint density at radius 2 is 1.70 bits per heavy atom. The highest BCUT2D eigenvalue weighted by Gasteiger charge is 2.23. The van der Waals surface area contributed by atoms with E-state index in [2.05, 4.69) is 76.6 Å². The van der Waals surface area contributed by atoms with E-state index in [1.807, 2.05) is 6.92 Å². The van der Waals surface area contributed by atoms with Gasteiger partial charge in [0.1, 0.15) is 0 Å². The van der Waals surface area contributed by atoms with E-state index in [9.17, 15) is 4.79 Å². The lowest BCUT2D eigenvalue weighted by Gasteiger charge is -2.32. The second-order valence-electron chi connectivity index (χ2n) is 6.88. The molecule has 0 saturated carbocycles. The van der Waals surface area contributed by atoms with Crippen LogP contribution >= 0.6 is 0 Å². The summed E-state index contributed by atoms with van der Waals surface area (Å²) in [4.78, 5) is 11.5. The van der Waals surface area contributed by atoms with Crippen LogP contribution in [0.1, 0.15) is 36.8 Å². The summed E-state index contributed by atoms with van der Waals surface area (Å²) in [6.45, 7) is 3.82. The predicted octanol–water partition coefficient (Wildman–Crippen LogP) is 3.23. The minimum atomic E-state index is -0.330. The molecule has 0 aliphatic carbocycles. The number of ether oxygens (including phenoxy) is 1. The third kappa shape index (κ3) is 5.81. The van der Waals surface area contributed by atoms with Crippen molar-refractivity contribution in [2.24, 2.45) is 0 Å². The number of carbonyl (C=O) groups is 1. The van der Waals surface area contributed by atoms with Gasteiger partial charge < -0.3 is 15.4 Å². The Kier molecular flexibility index (Phi) is 7.25. The van der Waals surface area contributed by atoms with Gasteiger partial charge >= 0.3 is 6.09 Å². The van der Waals surface area contributed by atoms with Crippen molar-refractivity contribution in [3.63, 3.8) is 0 Å². The topological polar surface area (TPSA) is 62.4 Å². The van der Waals surface area contributed by atoms with Crippen LogP contribution in [0, 0.1) is 0 Å². The zero-order valence-corrected chi connectivity index (χ0v) is 15.9. The van der Waals surface area contributed by atoms with Crippen molar-refractivity contribution in [3.8, 4) is 0 Å². The molecule has 3 rings (SSSR count). The molecule has 0 spiro atoms. The molecule has 1 aliphatic rings. The van der Waals surface area contributed by atoms with Crippen molar-refractivity contribution in [2.75, 3.05) is 19.7 Å². The molecule has 1 saturated heterocycles. The maximum absolute atomic E-state index is 11.5. The Morgan fingerprint density at radius 3 is 2.22 bits per heavy atom. The van der Waals surface area contributed by atoms with Crippen molar-refractivity contribution >= 4 is 6.09 Å². The number of alkyl carbamates (subject to hydrolysis) is 1. The summed E-state index contributed by atoms with van der Waals surface area (Å²) in [5.41, 5.74) is 2.63. The van der Waals surface area contributed by atoms with Crippen LogP contribution in [0.15, 0.2) is 60.7 Å². The number of amides is 1. The van der Waals surface area contributed by atoms with Gasteiger partial charge in [0, 0.05) is 25.0 Å². The SMILES string of the molecule is CCOC(=O)NC1CCC(NCC(c2ccccc2)c2ccccc2)NC1. The number of rotatable bonds is 7. The second-order valence-corrected chi connectivity index (χ2v) is 6.88.